The molecule has 2 heterocycles. The van der Waals surface area contributed by atoms with Gasteiger partial charge < -0.3 is 0 Å². The van der Waals surface area contributed by atoms with Gasteiger partial charge in [-0.05, 0) is 30.7 Å². The van der Waals surface area contributed by atoms with Crippen molar-refractivity contribution in [1.29, 1.82) is 0 Å². The monoisotopic (exact) mass is 268 g/mol. The highest BCUT2D eigenvalue weighted by Gasteiger charge is 2.32. The fourth-order valence-electron chi connectivity index (χ4n) is 2.22. The van der Waals surface area contributed by atoms with E-state index in [0.717, 1.165) is 5.41 Å². The average molecular weight is 268 g/mol. The summed E-state index contributed by atoms with van der Waals surface area (Å²) in [6.07, 6.45) is 1.46. The van der Waals surface area contributed by atoms with E-state index in [-0.39, 0.29) is 9.79 Å². The van der Waals surface area contributed by atoms with Crippen molar-refractivity contribution in [3.8, 4) is 0 Å². The number of benzene rings is 1. The first-order valence-electron chi connectivity index (χ1n) is 4.87. The van der Waals surface area contributed by atoms with E-state index < -0.39 is 19.7 Å². The van der Waals surface area contributed by atoms with Crippen LogP contribution in [0.2, 0.25) is 0 Å². The van der Waals surface area contributed by atoms with Gasteiger partial charge in [-0.1, -0.05) is 0 Å². The predicted molar refractivity (Wildman–Crippen MR) is 63.5 cm³/mol. The van der Waals surface area contributed by atoms with Gasteiger partial charge in [0, 0.05) is 21.9 Å². The molecule has 17 heavy (non-hydrogen) atoms. The van der Waals surface area contributed by atoms with Gasteiger partial charge in [-0.25, -0.2) is 16.8 Å². The molecule has 0 fully saturated rings. The van der Waals surface area contributed by atoms with Crippen LogP contribution in [0.15, 0.2) is 32.7 Å². The minimum absolute atomic E-state index is 0.182. The summed E-state index contributed by atoms with van der Waals surface area (Å²) < 4.78 is 46.9. The largest absolute Gasteiger partial charge is 0.219 e. The first kappa shape index (κ1) is 10.7. The smallest absolute Gasteiger partial charge is 0.200 e. The summed E-state index contributed by atoms with van der Waals surface area (Å²) in [5, 5.41) is 2.28. The summed E-state index contributed by atoms with van der Waals surface area (Å²) in [5.41, 5.74) is 1.58. The summed E-state index contributed by atoms with van der Waals surface area (Å²) in [6, 6.07) is 2.72. The molecule has 0 spiro atoms. The van der Waals surface area contributed by atoms with E-state index in [1.807, 2.05) is 0 Å². The average Bonchev–Trinajstić information content (AvgIpc) is 2.64. The van der Waals surface area contributed by atoms with Gasteiger partial charge >= 0.3 is 0 Å². The van der Waals surface area contributed by atoms with Crippen LogP contribution in [0.25, 0.3) is 11.6 Å². The molecular formula is C11H8O4S2. The summed E-state index contributed by atoms with van der Waals surface area (Å²) in [6.45, 7) is 1.67. The molecule has 2 aliphatic rings. The van der Waals surface area contributed by atoms with Crippen molar-refractivity contribution in [3.63, 3.8) is 0 Å². The Morgan fingerprint density at radius 1 is 0.941 bits per heavy atom. The predicted octanol–water partition coefficient (Wildman–Crippen LogP) is 1.59. The Kier molecular flexibility index (Phi) is 1.82. The van der Waals surface area contributed by atoms with Crippen LogP contribution in [0.4, 0.5) is 0 Å². The second-order valence-electron chi connectivity index (χ2n) is 4.04. The van der Waals surface area contributed by atoms with Crippen molar-refractivity contribution in [3.05, 3.63) is 34.1 Å². The van der Waals surface area contributed by atoms with Gasteiger partial charge in [-0.2, -0.15) is 0 Å². The quantitative estimate of drug-likeness (QED) is 0.716. The number of hydrogen-bond acceptors (Lipinski definition) is 4. The lowest BCUT2D eigenvalue weighted by molar-refractivity contribution is 0.602. The Morgan fingerprint density at radius 2 is 1.59 bits per heavy atom. The Morgan fingerprint density at radius 3 is 2.29 bits per heavy atom. The van der Waals surface area contributed by atoms with Crippen LogP contribution in [0.3, 0.4) is 0 Å². The van der Waals surface area contributed by atoms with Crippen LogP contribution in [-0.2, 0) is 19.7 Å². The van der Waals surface area contributed by atoms with Crippen LogP contribution >= 0.6 is 0 Å². The number of rotatable bonds is 0. The first-order valence-corrected chi connectivity index (χ1v) is 7.96. The summed E-state index contributed by atoms with van der Waals surface area (Å²) in [4.78, 5) is 0.372. The van der Waals surface area contributed by atoms with Crippen LogP contribution in [0.5, 0.6) is 0 Å². The van der Waals surface area contributed by atoms with Crippen LogP contribution in [0, 0.1) is 0 Å². The molecule has 0 N–H and O–H groups in total. The molecule has 0 saturated carbocycles. The van der Waals surface area contributed by atoms with Crippen molar-refractivity contribution < 1.29 is 16.8 Å². The topological polar surface area (TPSA) is 68.3 Å². The molecule has 4 nitrogen and oxygen atoms in total. The van der Waals surface area contributed by atoms with Crippen molar-refractivity contribution in [1.82, 2.24) is 0 Å². The van der Waals surface area contributed by atoms with Crippen molar-refractivity contribution in [2.45, 2.75) is 16.7 Å². The molecule has 0 atom stereocenters. The van der Waals surface area contributed by atoms with Crippen LogP contribution < -0.4 is 0 Å². The minimum atomic E-state index is -3.40. The molecular weight excluding hydrogens is 260 g/mol. The maximum absolute atomic E-state index is 11.8. The molecule has 2 aliphatic heterocycles. The van der Waals surface area contributed by atoms with Gasteiger partial charge in [-0.3, -0.25) is 0 Å². The van der Waals surface area contributed by atoms with Crippen LogP contribution in [-0.4, -0.2) is 16.8 Å². The van der Waals surface area contributed by atoms with E-state index >= 15 is 0 Å². The molecule has 0 bridgehead atoms. The molecule has 3 rings (SSSR count). The van der Waals surface area contributed by atoms with Gasteiger partial charge in [0.05, 0.1) is 9.79 Å². The lowest BCUT2D eigenvalue weighted by Crippen LogP contribution is -1.99. The highest BCUT2D eigenvalue weighted by Crippen LogP contribution is 2.41. The Balaban J connectivity index is 2.50. The third-order valence-electron chi connectivity index (χ3n) is 2.92. The molecule has 0 aliphatic carbocycles. The standard InChI is InChI=1S/C11H8O4S2/c1-7-6-17(14,15)10-3-2-9-8(11(7)10)4-5-16(9,12)13/h2-6H,1H3. The van der Waals surface area contributed by atoms with Crippen molar-refractivity contribution >= 4 is 31.3 Å². The summed E-state index contributed by atoms with van der Waals surface area (Å²) >= 11 is 0. The lowest BCUT2D eigenvalue weighted by Gasteiger charge is -2.06. The third kappa shape index (κ3) is 1.28. The molecule has 0 amide bonds. The van der Waals surface area contributed by atoms with Gasteiger partial charge in [-0.15, -0.1) is 0 Å². The van der Waals surface area contributed by atoms with Gasteiger partial charge in [0.1, 0.15) is 0 Å². The number of allylic oxidation sites excluding steroid dienone is 1. The van der Waals surface area contributed by atoms with Gasteiger partial charge in [0.25, 0.3) is 0 Å². The van der Waals surface area contributed by atoms with E-state index in [4.69, 9.17) is 0 Å². The maximum atomic E-state index is 11.8. The van der Waals surface area contributed by atoms with Crippen LogP contribution in [0.1, 0.15) is 18.1 Å². The molecule has 0 radical (unpaired) electrons. The zero-order valence-electron chi connectivity index (χ0n) is 8.84. The summed E-state index contributed by atoms with van der Waals surface area (Å²) in [5.74, 6) is 0. The number of hydrogen-bond donors (Lipinski definition) is 0. The molecule has 0 unspecified atom stereocenters. The van der Waals surface area contributed by atoms with Gasteiger partial charge in [0.2, 0.25) is 9.84 Å². The zero-order chi connectivity index (χ0) is 12.4. The minimum Gasteiger partial charge on any atom is -0.219 e. The van der Waals surface area contributed by atoms with E-state index in [1.165, 1.54) is 23.6 Å². The maximum Gasteiger partial charge on any atom is 0.200 e. The molecule has 88 valence electrons. The fraction of sp³-hybridized carbons (Fsp3) is 0.0909. The molecule has 0 saturated heterocycles. The SMILES string of the molecule is CC1=CS(=O)(=O)c2ccc3c(c21)C=CS3(=O)=O. The van der Waals surface area contributed by atoms with Crippen molar-refractivity contribution in [2.75, 3.05) is 0 Å². The second-order valence-corrected chi connectivity index (χ2v) is 7.61. The van der Waals surface area contributed by atoms with Gasteiger partial charge in [0.15, 0.2) is 9.84 Å². The van der Waals surface area contributed by atoms with Crippen molar-refractivity contribution in [2.24, 2.45) is 0 Å². The zero-order valence-corrected chi connectivity index (χ0v) is 10.5. The molecule has 1 aromatic carbocycles. The van der Waals surface area contributed by atoms with E-state index in [1.54, 1.807) is 6.92 Å². The third-order valence-corrected chi connectivity index (χ3v) is 6.00. The Hall–Kier alpha value is -1.40. The van der Waals surface area contributed by atoms with E-state index in [9.17, 15) is 16.8 Å². The van der Waals surface area contributed by atoms with E-state index in [0.29, 0.717) is 16.7 Å². The Bertz CT molecular complexity index is 809. The second kappa shape index (κ2) is 2.88. The normalized spacial score (nSPS) is 22.1. The fourth-order valence-corrected chi connectivity index (χ4v) is 4.94. The molecule has 0 aromatic heterocycles. The molecule has 1 aromatic rings. The van der Waals surface area contributed by atoms with E-state index in [2.05, 4.69) is 0 Å². The molecule has 6 heteroatoms. The summed E-state index contributed by atoms with van der Waals surface area (Å²) in [7, 11) is -6.79. The Labute approximate surface area is 99.1 Å². The highest BCUT2D eigenvalue weighted by molar-refractivity contribution is 7.95. The lowest BCUT2D eigenvalue weighted by atomic mass is 10.0. The highest BCUT2D eigenvalue weighted by atomic mass is 32.2. The first-order chi connectivity index (χ1) is 7.83. The number of sulfone groups is 2. The number of fused-ring (bicyclic) bond motifs is 3.